The maximum absolute atomic E-state index is 12.2. The Morgan fingerprint density at radius 1 is 1.37 bits per heavy atom. The maximum Gasteiger partial charge on any atom is 0.244 e. The number of pyridine rings is 1. The monoisotopic (exact) mass is 297 g/mol. The molecule has 2 rings (SSSR count). The van der Waals surface area contributed by atoms with E-state index in [4.69, 9.17) is 0 Å². The molecule has 7 heteroatoms. The summed E-state index contributed by atoms with van der Waals surface area (Å²) in [6.07, 6.45) is 1.55. The highest BCUT2D eigenvalue weighted by Gasteiger charge is 2.18. The molecule has 102 valence electrons. The van der Waals surface area contributed by atoms with Gasteiger partial charge in [0.15, 0.2) is 0 Å². The van der Waals surface area contributed by atoms with Crippen LogP contribution >= 0.6 is 11.3 Å². The van der Waals surface area contributed by atoms with Crippen LogP contribution in [0.15, 0.2) is 34.7 Å². The van der Waals surface area contributed by atoms with E-state index in [-0.39, 0.29) is 4.90 Å². The van der Waals surface area contributed by atoms with Crippen molar-refractivity contribution in [3.8, 4) is 0 Å². The van der Waals surface area contributed by atoms with Crippen LogP contribution < -0.4 is 10.0 Å². The van der Waals surface area contributed by atoms with E-state index in [1.165, 1.54) is 17.4 Å². The molecule has 0 aliphatic heterocycles. The topological polar surface area (TPSA) is 71.1 Å². The van der Waals surface area contributed by atoms with E-state index in [1.54, 1.807) is 19.3 Å². The quantitative estimate of drug-likeness (QED) is 0.885. The standard InChI is InChI=1S/C12H15N3O2S2/c1-9-5-7-18-10(9)8-15-19(16,17)11-4-3-6-14-12(11)13-2/h3-7,15H,8H2,1-2H3,(H,13,14). The average Bonchev–Trinajstić information content (AvgIpc) is 2.82. The molecule has 0 aliphatic rings. The largest absolute Gasteiger partial charge is 0.372 e. The van der Waals surface area contributed by atoms with Crippen molar-refractivity contribution >= 4 is 27.2 Å². The lowest BCUT2D eigenvalue weighted by molar-refractivity contribution is 0.581. The van der Waals surface area contributed by atoms with Crippen molar-refractivity contribution in [3.05, 3.63) is 40.2 Å². The van der Waals surface area contributed by atoms with E-state index in [2.05, 4.69) is 15.0 Å². The van der Waals surface area contributed by atoms with Crippen LogP contribution in [-0.2, 0) is 16.6 Å². The summed E-state index contributed by atoms with van der Waals surface area (Å²) < 4.78 is 27.1. The molecule has 2 aromatic rings. The molecule has 0 saturated heterocycles. The van der Waals surface area contributed by atoms with Gasteiger partial charge in [-0.25, -0.2) is 18.1 Å². The van der Waals surface area contributed by atoms with Gasteiger partial charge >= 0.3 is 0 Å². The number of aromatic nitrogens is 1. The third-order valence-electron chi connectivity index (χ3n) is 2.69. The number of rotatable bonds is 5. The van der Waals surface area contributed by atoms with E-state index in [0.29, 0.717) is 12.4 Å². The predicted molar refractivity (Wildman–Crippen MR) is 76.9 cm³/mol. The van der Waals surface area contributed by atoms with E-state index < -0.39 is 10.0 Å². The molecule has 0 radical (unpaired) electrons. The summed E-state index contributed by atoms with van der Waals surface area (Å²) in [5, 5.41) is 4.73. The molecule has 0 amide bonds. The summed E-state index contributed by atoms with van der Waals surface area (Å²) >= 11 is 1.54. The van der Waals surface area contributed by atoms with Gasteiger partial charge in [-0.2, -0.15) is 0 Å². The molecule has 0 spiro atoms. The lowest BCUT2D eigenvalue weighted by Crippen LogP contribution is -2.24. The maximum atomic E-state index is 12.2. The van der Waals surface area contributed by atoms with Crippen LogP contribution in [0.25, 0.3) is 0 Å². The van der Waals surface area contributed by atoms with Crippen LogP contribution in [0.3, 0.4) is 0 Å². The van der Waals surface area contributed by atoms with Crippen LogP contribution in [0.2, 0.25) is 0 Å². The Hall–Kier alpha value is -1.44. The summed E-state index contributed by atoms with van der Waals surface area (Å²) in [5.41, 5.74) is 1.09. The van der Waals surface area contributed by atoms with Crippen LogP contribution in [0.4, 0.5) is 5.82 Å². The molecule has 0 bridgehead atoms. The summed E-state index contributed by atoms with van der Waals surface area (Å²) in [4.78, 5) is 5.17. The number of hydrogen-bond acceptors (Lipinski definition) is 5. The van der Waals surface area contributed by atoms with Crippen molar-refractivity contribution in [1.82, 2.24) is 9.71 Å². The van der Waals surface area contributed by atoms with Gasteiger partial charge in [0.1, 0.15) is 10.7 Å². The molecule has 0 fully saturated rings. The minimum atomic E-state index is -3.56. The first-order chi connectivity index (χ1) is 9.04. The van der Waals surface area contributed by atoms with Crippen molar-refractivity contribution in [2.24, 2.45) is 0 Å². The first-order valence-corrected chi connectivity index (χ1v) is 8.06. The second-order valence-electron chi connectivity index (χ2n) is 3.95. The Balaban J connectivity index is 2.21. The first-order valence-electron chi connectivity index (χ1n) is 5.70. The second kappa shape index (κ2) is 5.68. The van der Waals surface area contributed by atoms with Crippen LogP contribution in [0.1, 0.15) is 10.4 Å². The normalized spacial score (nSPS) is 11.5. The van der Waals surface area contributed by atoms with Crippen molar-refractivity contribution in [3.63, 3.8) is 0 Å². The van der Waals surface area contributed by atoms with Gasteiger partial charge in [-0.05, 0) is 36.1 Å². The number of anilines is 1. The second-order valence-corrected chi connectivity index (χ2v) is 6.69. The van der Waals surface area contributed by atoms with Gasteiger partial charge in [0.05, 0.1) is 0 Å². The fraction of sp³-hybridized carbons (Fsp3) is 0.250. The molecule has 19 heavy (non-hydrogen) atoms. The zero-order valence-electron chi connectivity index (χ0n) is 10.7. The van der Waals surface area contributed by atoms with E-state index >= 15 is 0 Å². The van der Waals surface area contributed by atoms with E-state index in [0.717, 1.165) is 10.4 Å². The number of nitrogens with zero attached hydrogens (tertiary/aromatic N) is 1. The number of aryl methyl sites for hydroxylation is 1. The Labute approximate surface area is 116 Å². The minimum Gasteiger partial charge on any atom is -0.372 e. The zero-order chi connectivity index (χ0) is 13.9. The van der Waals surface area contributed by atoms with Gasteiger partial charge in [0.2, 0.25) is 10.0 Å². The molecule has 0 aliphatic carbocycles. The van der Waals surface area contributed by atoms with Gasteiger partial charge in [-0.15, -0.1) is 11.3 Å². The van der Waals surface area contributed by atoms with Crippen LogP contribution in [0, 0.1) is 6.92 Å². The van der Waals surface area contributed by atoms with Crippen molar-refractivity contribution in [1.29, 1.82) is 0 Å². The Bertz CT molecular complexity index is 665. The highest BCUT2D eigenvalue weighted by molar-refractivity contribution is 7.89. The number of nitrogens with one attached hydrogen (secondary N) is 2. The van der Waals surface area contributed by atoms with Crippen molar-refractivity contribution < 1.29 is 8.42 Å². The SMILES string of the molecule is CNc1ncccc1S(=O)(=O)NCc1sccc1C. The molecule has 2 heterocycles. The fourth-order valence-electron chi connectivity index (χ4n) is 1.62. The third kappa shape index (κ3) is 3.12. The fourth-order valence-corrected chi connectivity index (χ4v) is 3.71. The molecule has 0 aromatic carbocycles. The smallest absolute Gasteiger partial charge is 0.244 e. The van der Waals surface area contributed by atoms with Gasteiger partial charge in [0.25, 0.3) is 0 Å². The first kappa shape index (κ1) is 14.0. The van der Waals surface area contributed by atoms with E-state index in [1.807, 2.05) is 18.4 Å². The molecule has 0 unspecified atom stereocenters. The minimum absolute atomic E-state index is 0.159. The average molecular weight is 297 g/mol. The van der Waals surface area contributed by atoms with Crippen molar-refractivity contribution in [2.45, 2.75) is 18.4 Å². The lowest BCUT2D eigenvalue weighted by Gasteiger charge is -2.09. The molecule has 0 saturated carbocycles. The van der Waals surface area contributed by atoms with Gasteiger partial charge < -0.3 is 5.32 Å². The van der Waals surface area contributed by atoms with Gasteiger partial charge in [-0.3, -0.25) is 0 Å². The Kier molecular flexibility index (Phi) is 4.18. The number of sulfonamides is 1. The summed E-state index contributed by atoms with van der Waals surface area (Å²) in [6.45, 7) is 2.26. The van der Waals surface area contributed by atoms with E-state index in [9.17, 15) is 8.42 Å². The lowest BCUT2D eigenvalue weighted by atomic mass is 10.3. The molecule has 0 atom stereocenters. The highest BCUT2D eigenvalue weighted by Crippen LogP contribution is 2.19. The highest BCUT2D eigenvalue weighted by atomic mass is 32.2. The molecule has 2 aromatic heterocycles. The Morgan fingerprint density at radius 3 is 2.79 bits per heavy atom. The molecule has 2 N–H and O–H groups in total. The molecular weight excluding hydrogens is 282 g/mol. The van der Waals surface area contributed by atoms with Crippen LogP contribution in [-0.4, -0.2) is 20.4 Å². The summed E-state index contributed by atoms with van der Waals surface area (Å²) in [6, 6.07) is 5.10. The third-order valence-corrected chi connectivity index (χ3v) is 5.14. The Morgan fingerprint density at radius 2 is 2.16 bits per heavy atom. The number of hydrogen-bond donors (Lipinski definition) is 2. The van der Waals surface area contributed by atoms with Gasteiger partial charge in [-0.1, -0.05) is 0 Å². The van der Waals surface area contributed by atoms with Crippen LogP contribution in [0.5, 0.6) is 0 Å². The molecule has 5 nitrogen and oxygen atoms in total. The summed E-state index contributed by atoms with van der Waals surface area (Å²) in [5.74, 6) is 0.345. The van der Waals surface area contributed by atoms with Gasteiger partial charge in [0, 0.05) is 24.7 Å². The molecular formula is C12H15N3O2S2. The predicted octanol–water partition coefficient (Wildman–Crippen LogP) is 1.97. The zero-order valence-corrected chi connectivity index (χ0v) is 12.3. The van der Waals surface area contributed by atoms with Crippen molar-refractivity contribution in [2.75, 3.05) is 12.4 Å². The number of thiophene rings is 1. The summed E-state index contributed by atoms with van der Waals surface area (Å²) in [7, 11) is -1.92.